The van der Waals surface area contributed by atoms with Crippen molar-refractivity contribution in [1.82, 2.24) is 4.98 Å². The van der Waals surface area contributed by atoms with Crippen LogP contribution in [0.25, 0.3) is 10.2 Å². The number of hydrogen-bond donors (Lipinski definition) is 1. The van der Waals surface area contributed by atoms with Crippen molar-refractivity contribution in [2.24, 2.45) is 5.92 Å². The minimum absolute atomic E-state index is 0.0376. The lowest BCUT2D eigenvalue weighted by atomic mass is 10.1. The Bertz CT molecular complexity index is 678. The summed E-state index contributed by atoms with van der Waals surface area (Å²) in [6, 6.07) is 5.79. The molecule has 5 heteroatoms. The lowest BCUT2D eigenvalue weighted by Crippen LogP contribution is -2.14. The quantitative estimate of drug-likeness (QED) is 0.850. The molecule has 1 aliphatic carbocycles. The van der Waals surface area contributed by atoms with Gasteiger partial charge in [0.15, 0.2) is 5.13 Å². The minimum atomic E-state index is 0.0376. The summed E-state index contributed by atoms with van der Waals surface area (Å²) in [6.07, 6.45) is 6.97. The average molecular weight is 302 g/mol. The molecule has 0 unspecified atom stereocenters. The van der Waals surface area contributed by atoms with Gasteiger partial charge in [-0.2, -0.15) is 0 Å². The molecule has 1 heterocycles. The first kappa shape index (κ1) is 14.1. The SMILES string of the molecule is CCOc1ccc2nc(NC(=O)C[C@@H]3C=CCC3)sc2c1. The molecule has 0 aliphatic heterocycles. The van der Waals surface area contributed by atoms with E-state index in [0.717, 1.165) is 28.8 Å². The van der Waals surface area contributed by atoms with Gasteiger partial charge in [-0.05, 0) is 43.9 Å². The van der Waals surface area contributed by atoms with Crippen molar-refractivity contribution < 1.29 is 9.53 Å². The number of rotatable bonds is 5. The van der Waals surface area contributed by atoms with Crippen molar-refractivity contribution in [3.05, 3.63) is 30.4 Å². The van der Waals surface area contributed by atoms with Gasteiger partial charge in [0, 0.05) is 6.42 Å². The molecule has 3 rings (SSSR count). The monoisotopic (exact) mass is 302 g/mol. The fraction of sp³-hybridized carbons (Fsp3) is 0.375. The highest BCUT2D eigenvalue weighted by Gasteiger charge is 2.15. The van der Waals surface area contributed by atoms with E-state index in [1.165, 1.54) is 11.3 Å². The normalized spacial score (nSPS) is 17.3. The summed E-state index contributed by atoms with van der Waals surface area (Å²) in [4.78, 5) is 16.5. The van der Waals surface area contributed by atoms with E-state index in [1.54, 1.807) is 0 Å². The van der Waals surface area contributed by atoms with Gasteiger partial charge in [-0.3, -0.25) is 4.79 Å². The predicted octanol–water partition coefficient (Wildman–Crippen LogP) is 3.99. The first-order chi connectivity index (χ1) is 10.2. The third-order valence-electron chi connectivity index (χ3n) is 3.48. The Kier molecular flexibility index (Phi) is 4.20. The van der Waals surface area contributed by atoms with Gasteiger partial charge in [0.1, 0.15) is 5.75 Å². The number of amides is 1. The number of nitrogens with zero attached hydrogens (tertiary/aromatic N) is 1. The summed E-state index contributed by atoms with van der Waals surface area (Å²) in [6.45, 7) is 2.60. The molecule has 4 nitrogen and oxygen atoms in total. The van der Waals surface area contributed by atoms with E-state index in [4.69, 9.17) is 4.74 Å². The number of benzene rings is 1. The molecule has 21 heavy (non-hydrogen) atoms. The van der Waals surface area contributed by atoms with Gasteiger partial charge >= 0.3 is 0 Å². The van der Waals surface area contributed by atoms with Gasteiger partial charge < -0.3 is 10.1 Å². The number of carbonyl (C=O) groups excluding carboxylic acids is 1. The van der Waals surface area contributed by atoms with E-state index in [0.29, 0.717) is 24.1 Å². The van der Waals surface area contributed by atoms with Crippen molar-refractivity contribution in [2.75, 3.05) is 11.9 Å². The van der Waals surface area contributed by atoms with Crippen LogP contribution in [0.15, 0.2) is 30.4 Å². The summed E-state index contributed by atoms with van der Waals surface area (Å²) in [5, 5.41) is 3.56. The van der Waals surface area contributed by atoms with Crippen LogP contribution in [0.4, 0.5) is 5.13 Å². The van der Waals surface area contributed by atoms with Gasteiger partial charge in [-0.15, -0.1) is 0 Å². The highest BCUT2D eigenvalue weighted by molar-refractivity contribution is 7.22. The van der Waals surface area contributed by atoms with E-state index >= 15 is 0 Å². The lowest BCUT2D eigenvalue weighted by Gasteiger charge is -2.06. The lowest BCUT2D eigenvalue weighted by molar-refractivity contribution is -0.116. The number of anilines is 1. The van der Waals surface area contributed by atoms with Crippen molar-refractivity contribution >= 4 is 32.6 Å². The number of thiazole rings is 1. The van der Waals surface area contributed by atoms with Crippen molar-refractivity contribution in [1.29, 1.82) is 0 Å². The molecule has 1 aromatic carbocycles. The zero-order valence-electron chi connectivity index (χ0n) is 12.0. The van der Waals surface area contributed by atoms with Crippen LogP contribution in [0.5, 0.6) is 5.75 Å². The number of hydrogen-bond acceptors (Lipinski definition) is 4. The van der Waals surface area contributed by atoms with Crippen LogP contribution in [0.3, 0.4) is 0 Å². The van der Waals surface area contributed by atoms with Gasteiger partial charge in [0.25, 0.3) is 0 Å². The molecule has 0 saturated carbocycles. The van der Waals surface area contributed by atoms with E-state index < -0.39 is 0 Å². The zero-order chi connectivity index (χ0) is 14.7. The summed E-state index contributed by atoms with van der Waals surface area (Å²) >= 11 is 1.48. The first-order valence-corrected chi connectivity index (χ1v) is 8.06. The van der Waals surface area contributed by atoms with E-state index in [2.05, 4.69) is 22.5 Å². The fourth-order valence-electron chi connectivity index (χ4n) is 2.49. The van der Waals surface area contributed by atoms with Gasteiger partial charge in [-0.25, -0.2) is 4.98 Å². The second-order valence-corrected chi connectivity index (χ2v) is 6.13. The molecule has 0 bridgehead atoms. The van der Waals surface area contributed by atoms with Crippen LogP contribution in [-0.2, 0) is 4.79 Å². The van der Waals surface area contributed by atoms with Gasteiger partial charge in [0.2, 0.25) is 5.91 Å². The number of aromatic nitrogens is 1. The van der Waals surface area contributed by atoms with Crippen LogP contribution in [-0.4, -0.2) is 17.5 Å². The Morgan fingerprint density at radius 2 is 2.43 bits per heavy atom. The number of nitrogens with one attached hydrogen (secondary N) is 1. The van der Waals surface area contributed by atoms with E-state index in [9.17, 15) is 4.79 Å². The fourth-order valence-corrected chi connectivity index (χ4v) is 3.40. The highest BCUT2D eigenvalue weighted by Crippen LogP contribution is 2.30. The predicted molar refractivity (Wildman–Crippen MR) is 85.9 cm³/mol. The maximum atomic E-state index is 12.0. The Morgan fingerprint density at radius 3 is 3.19 bits per heavy atom. The van der Waals surface area contributed by atoms with Crippen LogP contribution in [0.1, 0.15) is 26.2 Å². The molecule has 1 N–H and O–H groups in total. The topological polar surface area (TPSA) is 51.2 Å². The first-order valence-electron chi connectivity index (χ1n) is 7.24. The largest absolute Gasteiger partial charge is 0.494 e. The molecular formula is C16H18N2O2S. The van der Waals surface area contributed by atoms with E-state index in [-0.39, 0.29) is 5.91 Å². The van der Waals surface area contributed by atoms with Crippen LogP contribution in [0.2, 0.25) is 0 Å². The summed E-state index contributed by atoms with van der Waals surface area (Å²) in [5.41, 5.74) is 0.888. The third kappa shape index (κ3) is 3.42. The molecule has 1 aromatic heterocycles. The highest BCUT2D eigenvalue weighted by atomic mass is 32.1. The maximum absolute atomic E-state index is 12.0. The Labute approximate surface area is 127 Å². The Morgan fingerprint density at radius 1 is 1.52 bits per heavy atom. The molecule has 0 fully saturated rings. The molecule has 110 valence electrons. The summed E-state index contributed by atoms with van der Waals surface area (Å²) in [7, 11) is 0. The van der Waals surface area contributed by atoms with Crippen LogP contribution in [0, 0.1) is 5.92 Å². The smallest absolute Gasteiger partial charge is 0.226 e. The van der Waals surface area contributed by atoms with Gasteiger partial charge in [0.05, 0.1) is 16.8 Å². The molecule has 2 aromatic rings. The third-order valence-corrected chi connectivity index (χ3v) is 4.41. The Balaban J connectivity index is 1.68. The van der Waals surface area contributed by atoms with Gasteiger partial charge in [-0.1, -0.05) is 23.5 Å². The second-order valence-electron chi connectivity index (χ2n) is 5.10. The minimum Gasteiger partial charge on any atom is -0.494 e. The van der Waals surface area contributed by atoms with E-state index in [1.807, 2.05) is 25.1 Å². The summed E-state index contributed by atoms with van der Waals surface area (Å²) < 4.78 is 6.50. The zero-order valence-corrected chi connectivity index (χ0v) is 12.8. The molecule has 1 aliphatic rings. The number of carbonyl (C=O) groups is 1. The molecule has 1 atom stereocenters. The number of ether oxygens (including phenoxy) is 1. The molecule has 0 saturated heterocycles. The van der Waals surface area contributed by atoms with Crippen molar-refractivity contribution in [3.8, 4) is 5.75 Å². The average Bonchev–Trinajstić information content (AvgIpc) is 3.07. The molecule has 1 amide bonds. The second kappa shape index (κ2) is 6.26. The van der Waals surface area contributed by atoms with Crippen LogP contribution < -0.4 is 10.1 Å². The molecule has 0 radical (unpaired) electrons. The maximum Gasteiger partial charge on any atom is 0.226 e. The summed E-state index contributed by atoms with van der Waals surface area (Å²) in [5.74, 6) is 1.25. The Hall–Kier alpha value is -1.88. The van der Waals surface area contributed by atoms with Crippen molar-refractivity contribution in [3.63, 3.8) is 0 Å². The molecular weight excluding hydrogens is 284 g/mol. The molecule has 0 spiro atoms. The van der Waals surface area contributed by atoms with Crippen molar-refractivity contribution in [2.45, 2.75) is 26.2 Å². The van der Waals surface area contributed by atoms with Crippen LogP contribution >= 0.6 is 11.3 Å². The standard InChI is InChI=1S/C16H18N2O2S/c1-2-20-12-7-8-13-14(10-12)21-16(17-13)18-15(19)9-11-5-3-4-6-11/h3,5,7-8,10-11H,2,4,6,9H2,1H3,(H,17,18,19)/t11-/m1/s1. The number of allylic oxidation sites excluding steroid dienone is 2. The number of fused-ring (bicyclic) bond motifs is 1.